The fourth-order valence-corrected chi connectivity index (χ4v) is 5.46. The molecule has 1 unspecified atom stereocenters. The largest absolute Gasteiger partial charge is 0.334 e. The van der Waals surface area contributed by atoms with Crippen molar-refractivity contribution in [2.45, 2.75) is 45.2 Å². The lowest BCUT2D eigenvalue weighted by molar-refractivity contribution is -0.136. The van der Waals surface area contributed by atoms with Crippen LogP contribution in [0.4, 0.5) is 4.79 Å². The average Bonchev–Trinajstić information content (AvgIpc) is 3.07. The molecular weight excluding hydrogens is 479 g/mol. The lowest BCUT2D eigenvalue weighted by Crippen LogP contribution is -2.54. The molecule has 2 heterocycles. The minimum Gasteiger partial charge on any atom is -0.334 e. The van der Waals surface area contributed by atoms with Gasteiger partial charge in [-0.15, -0.1) is 6.58 Å². The highest BCUT2D eigenvalue weighted by Crippen LogP contribution is 2.51. The number of carbonyl (C=O) groups excluding carboxylic acids is 5. The van der Waals surface area contributed by atoms with Crippen LogP contribution in [-0.2, 0) is 16.1 Å². The Morgan fingerprint density at radius 1 is 1.17 bits per heavy atom. The molecule has 0 aliphatic carbocycles. The van der Waals surface area contributed by atoms with E-state index in [9.17, 15) is 24.0 Å². The van der Waals surface area contributed by atoms with Crippen LogP contribution in [0.15, 0.2) is 42.6 Å². The minimum atomic E-state index is -1.17. The number of rotatable bonds is 10. The van der Waals surface area contributed by atoms with E-state index in [0.717, 1.165) is 35.8 Å². The molecule has 0 saturated carbocycles. The molecule has 1 aromatic rings. The van der Waals surface area contributed by atoms with Crippen LogP contribution in [0, 0.1) is 0 Å². The first-order valence-electron chi connectivity index (χ1n) is 12.1. The molecule has 9 nitrogen and oxygen atoms in total. The maximum atomic E-state index is 13.0. The molecule has 1 aromatic carbocycles. The van der Waals surface area contributed by atoms with Crippen LogP contribution in [0.1, 0.15) is 58.9 Å². The van der Waals surface area contributed by atoms with Gasteiger partial charge in [-0.25, -0.2) is 4.79 Å². The van der Waals surface area contributed by atoms with Crippen molar-refractivity contribution in [3.05, 3.63) is 59.3 Å². The fraction of sp³-hybridized carbons (Fsp3) is 0.423. The van der Waals surface area contributed by atoms with E-state index in [1.54, 1.807) is 12.1 Å². The number of amides is 6. The Morgan fingerprint density at radius 2 is 1.89 bits per heavy atom. The van der Waals surface area contributed by atoms with E-state index in [1.807, 2.05) is 12.2 Å². The van der Waals surface area contributed by atoms with Gasteiger partial charge in [0.25, 0.3) is 11.8 Å². The van der Waals surface area contributed by atoms with Gasteiger partial charge < -0.3 is 10.6 Å². The van der Waals surface area contributed by atoms with E-state index in [4.69, 9.17) is 0 Å². The number of hydrogen-bond acceptors (Lipinski definition) is 5. The zero-order valence-corrected chi connectivity index (χ0v) is 22.0. The summed E-state index contributed by atoms with van der Waals surface area (Å²) in [5, 5.41) is 7.97. The quantitative estimate of drug-likeness (QED) is 0.192. The normalized spacial score (nSPS) is 18.1. The zero-order valence-electron chi connectivity index (χ0n) is 21.1. The van der Waals surface area contributed by atoms with Gasteiger partial charge in [0, 0.05) is 33.6 Å². The van der Waals surface area contributed by atoms with E-state index in [2.05, 4.69) is 42.8 Å². The van der Waals surface area contributed by atoms with Gasteiger partial charge in [-0.3, -0.25) is 29.4 Å². The predicted molar refractivity (Wildman–Crippen MR) is 140 cm³/mol. The maximum Gasteiger partial charge on any atom is 0.319 e. The second kappa shape index (κ2) is 11.6. The highest BCUT2D eigenvalue weighted by molar-refractivity contribution is 7.74. The number of urea groups is 1. The average molecular weight is 514 g/mol. The lowest BCUT2D eigenvalue weighted by atomic mass is 10.0. The molecule has 0 radical (unpaired) electrons. The summed E-state index contributed by atoms with van der Waals surface area (Å²) in [6.07, 6.45) is 7.59. The molecule has 1 atom stereocenters. The van der Waals surface area contributed by atoms with Crippen molar-refractivity contribution in [1.29, 1.82) is 0 Å². The minimum absolute atomic E-state index is 0.0650. The van der Waals surface area contributed by atoms with Crippen LogP contribution in [-0.4, -0.2) is 66.3 Å². The molecule has 2 aliphatic rings. The number of piperidine rings is 1. The number of unbranched alkanes of at least 4 members (excludes halogenated alkanes) is 1. The van der Waals surface area contributed by atoms with E-state index in [-0.39, 0.29) is 36.5 Å². The second-order valence-corrected chi connectivity index (χ2v) is 14.5. The van der Waals surface area contributed by atoms with Crippen molar-refractivity contribution in [2.75, 3.05) is 25.7 Å². The first-order chi connectivity index (χ1) is 17.1. The van der Waals surface area contributed by atoms with Crippen LogP contribution >= 0.6 is 7.26 Å². The van der Waals surface area contributed by atoms with E-state index in [1.165, 1.54) is 6.07 Å². The summed E-state index contributed by atoms with van der Waals surface area (Å²) in [5.74, 6) is -2.20. The van der Waals surface area contributed by atoms with Gasteiger partial charge in [0.2, 0.25) is 11.8 Å². The molecule has 3 N–H and O–H groups in total. The summed E-state index contributed by atoms with van der Waals surface area (Å²) >= 11 is 0. The molecule has 0 spiro atoms. The number of allylic oxidation sites excluding steroid dienone is 3. The molecule has 1 saturated heterocycles. The van der Waals surface area contributed by atoms with Gasteiger partial charge >= 0.3 is 6.03 Å². The topological polar surface area (TPSA) is 125 Å². The number of nitrogens with zero attached hydrogens (tertiary/aromatic N) is 1. The van der Waals surface area contributed by atoms with Crippen molar-refractivity contribution < 1.29 is 24.0 Å². The van der Waals surface area contributed by atoms with Crippen LogP contribution in [0.5, 0.6) is 0 Å². The standard InChI is InChI=1S/C26H33N4O5P/c1-5-7-8-9-18(16-36(3,4)6-2)28-26(35)27-15-17-10-11-19-20(14-17)25(34)30(24(19)33)21-12-13-22(31)29-23(21)32/h5,9-11,14,21H,1,6-8,12-13,15-16H2,2-4H3,(H2-,27,28,29,31,32,35)/p+1/b18-9+. The van der Waals surface area contributed by atoms with E-state index < -0.39 is 36.9 Å². The number of carbonyl (C=O) groups is 5. The van der Waals surface area contributed by atoms with Crippen LogP contribution < -0.4 is 16.0 Å². The summed E-state index contributed by atoms with van der Waals surface area (Å²) in [6, 6.07) is 3.41. The number of nitrogens with one attached hydrogen (secondary N) is 3. The van der Waals surface area contributed by atoms with Crippen molar-refractivity contribution in [3.8, 4) is 0 Å². The predicted octanol–water partition coefficient (Wildman–Crippen LogP) is 3.03. The van der Waals surface area contributed by atoms with Crippen LogP contribution in [0.3, 0.4) is 0 Å². The Kier molecular flexibility index (Phi) is 8.79. The lowest BCUT2D eigenvalue weighted by Gasteiger charge is -2.27. The van der Waals surface area contributed by atoms with Crippen molar-refractivity contribution in [2.24, 2.45) is 0 Å². The van der Waals surface area contributed by atoms with E-state index in [0.29, 0.717) is 5.56 Å². The van der Waals surface area contributed by atoms with Gasteiger partial charge in [0.05, 0.1) is 29.1 Å². The number of benzene rings is 1. The van der Waals surface area contributed by atoms with Crippen LogP contribution in [0.2, 0.25) is 0 Å². The Labute approximate surface area is 212 Å². The fourth-order valence-electron chi connectivity index (χ4n) is 4.10. The summed E-state index contributed by atoms with van der Waals surface area (Å²) in [5.41, 5.74) is 1.93. The van der Waals surface area contributed by atoms with Crippen molar-refractivity contribution in [1.82, 2.24) is 20.9 Å². The highest BCUT2D eigenvalue weighted by Gasteiger charge is 2.44. The molecule has 36 heavy (non-hydrogen) atoms. The van der Waals surface area contributed by atoms with Gasteiger partial charge in [0.15, 0.2) is 0 Å². The molecule has 10 heteroatoms. The molecule has 0 aromatic heterocycles. The first-order valence-corrected chi connectivity index (χ1v) is 15.1. The number of fused-ring (bicyclic) bond motifs is 1. The van der Waals surface area contributed by atoms with Gasteiger partial charge in [-0.1, -0.05) is 18.2 Å². The molecule has 0 bridgehead atoms. The second-order valence-electron chi connectivity index (χ2n) is 9.64. The number of imide groups is 2. The first kappa shape index (κ1) is 27.3. The molecule has 2 aliphatic heterocycles. The summed E-state index contributed by atoms with van der Waals surface area (Å²) in [6.45, 7) is 10.6. The SMILES string of the molecule is C=CCC/C=C(\C[P+](C)(C)CC)NC(=O)NCc1ccc2c(c1)C(=O)N(C1CCC(=O)NC1=O)C2=O. The summed E-state index contributed by atoms with van der Waals surface area (Å²) in [7, 11) is -1.17. The number of hydrogen-bond donors (Lipinski definition) is 3. The highest BCUT2D eigenvalue weighted by atomic mass is 31.2. The third-order valence-electron chi connectivity index (χ3n) is 6.45. The van der Waals surface area contributed by atoms with Gasteiger partial charge in [-0.05, 0) is 43.9 Å². The van der Waals surface area contributed by atoms with Crippen molar-refractivity contribution >= 4 is 36.9 Å². The Balaban J connectivity index is 1.65. The third-order valence-corrected chi connectivity index (χ3v) is 9.36. The molecular formula is C26H34N4O5P+. The smallest absolute Gasteiger partial charge is 0.319 e. The van der Waals surface area contributed by atoms with Gasteiger partial charge in [0.1, 0.15) is 6.04 Å². The zero-order chi connectivity index (χ0) is 26.5. The molecule has 1 fully saturated rings. The Bertz CT molecular complexity index is 1130. The molecule has 192 valence electrons. The summed E-state index contributed by atoms with van der Waals surface area (Å²) in [4.78, 5) is 63.0. The molecule has 3 rings (SSSR count). The van der Waals surface area contributed by atoms with Crippen LogP contribution in [0.25, 0.3) is 0 Å². The molecule has 6 amide bonds. The maximum absolute atomic E-state index is 13.0. The third kappa shape index (κ3) is 6.46. The van der Waals surface area contributed by atoms with Crippen molar-refractivity contribution in [3.63, 3.8) is 0 Å². The Morgan fingerprint density at radius 3 is 2.56 bits per heavy atom. The van der Waals surface area contributed by atoms with E-state index >= 15 is 0 Å². The Hall–Kier alpha value is -3.32. The summed E-state index contributed by atoms with van der Waals surface area (Å²) < 4.78 is 0. The van der Waals surface area contributed by atoms with Gasteiger partial charge in [-0.2, -0.15) is 0 Å². The monoisotopic (exact) mass is 513 g/mol.